The number of nitrogens with zero attached hydrogens (tertiary/aromatic N) is 2. The molecule has 4 aromatic rings. The molecule has 0 spiro atoms. The quantitative estimate of drug-likeness (QED) is 0.471. The fraction of sp³-hybridized carbons (Fsp3) is 0. The maximum Gasteiger partial charge on any atom is 0.152 e. The van der Waals surface area contributed by atoms with E-state index in [0.717, 1.165) is 28.0 Å². The summed E-state index contributed by atoms with van der Waals surface area (Å²) in [6.45, 7) is 0. The van der Waals surface area contributed by atoms with Gasteiger partial charge >= 0.3 is 0 Å². The first-order chi connectivity index (χ1) is 11.4. The molecule has 4 rings (SSSR count). The van der Waals surface area contributed by atoms with Crippen molar-refractivity contribution in [2.75, 3.05) is 0 Å². The zero-order valence-corrected chi connectivity index (χ0v) is 12.5. The zero-order valence-electron chi connectivity index (χ0n) is 12.5. The summed E-state index contributed by atoms with van der Waals surface area (Å²) in [6.07, 6.45) is 0. The summed E-state index contributed by atoms with van der Waals surface area (Å²) in [5.74, 6) is 4.09. The minimum absolute atomic E-state index is 0.871. The van der Waals surface area contributed by atoms with Crippen LogP contribution in [0.15, 0.2) is 84.9 Å². The summed E-state index contributed by atoms with van der Waals surface area (Å²) in [5.41, 5.74) is 4.03. The first kappa shape index (κ1) is 13.4. The second-order valence-electron chi connectivity index (χ2n) is 5.23. The Balaban J connectivity index is 1.92. The number of imidazole rings is 1. The van der Waals surface area contributed by atoms with Gasteiger partial charge in [0.25, 0.3) is 0 Å². The van der Waals surface area contributed by atoms with Gasteiger partial charge in [0.1, 0.15) is 0 Å². The van der Waals surface area contributed by atoms with Crippen LogP contribution in [0, 0.1) is 12.0 Å². The number of aromatic nitrogens is 2. The third-order valence-corrected chi connectivity index (χ3v) is 3.68. The highest BCUT2D eigenvalue weighted by Gasteiger charge is 2.10. The summed E-state index contributed by atoms with van der Waals surface area (Å²) in [4.78, 5) is 4.76. The Labute approximate surface area is 135 Å². The van der Waals surface area contributed by atoms with Crippen molar-refractivity contribution in [1.29, 1.82) is 0 Å². The van der Waals surface area contributed by atoms with Crippen LogP contribution in [0.2, 0.25) is 0 Å². The van der Waals surface area contributed by atoms with E-state index in [9.17, 15) is 0 Å². The van der Waals surface area contributed by atoms with Gasteiger partial charge in [0.05, 0.1) is 11.0 Å². The first-order valence-corrected chi connectivity index (χ1v) is 7.52. The molecule has 0 saturated carbocycles. The predicted molar refractivity (Wildman–Crippen MR) is 93.9 cm³/mol. The van der Waals surface area contributed by atoms with Gasteiger partial charge in [0.15, 0.2) is 5.82 Å². The van der Waals surface area contributed by atoms with Gasteiger partial charge in [0.2, 0.25) is 0 Å². The molecule has 1 aromatic heterocycles. The summed E-state index contributed by atoms with van der Waals surface area (Å²) in [7, 11) is 0. The van der Waals surface area contributed by atoms with Crippen LogP contribution in [-0.2, 0) is 0 Å². The van der Waals surface area contributed by atoms with Crippen molar-refractivity contribution >= 4 is 11.0 Å². The van der Waals surface area contributed by atoms with Crippen LogP contribution in [0.3, 0.4) is 0 Å². The van der Waals surface area contributed by atoms with Crippen LogP contribution in [0.4, 0.5) is 0 Å². The van der Waals surface area contributed by atoms with Crippen molar-refractivity contribution in [2.24, 2.45) is 0 Å². The van der Waals surface area contributed by atoms with E-state index in [1.165, 1.54) is 0 Å². The fourth-order valence-electron chi connectivity index (χ4n) is 2.56. The van der Waals surface area contributed by atoms with Gasteiger partial charge < -0.3 is 0 Å². The van der Waals surface area contributed by atoms with E-state index in [4.69, 9.17) is 4.98 Å². The first-order valence-electron chi connectivity index (χ1n) is 7.52. The SMILES string of the molecule is C(#Cn1c(-c2ccccc2)nc2ccccc21)c1ccccc1. The Hall–Kier alpha value is -3.31. The Morgan fingerprint density at radius 2 is 1.35 bits per heavy atom. The second kappa shape index (κ2) is 5.82. The number of rotatable bonds is 1. The molecule has 1 heterocycles. The molecule has 0 atom stereocenters. The molecular weight excluding hydrogens is 280 g/mol. The minimum Gasteiger partial charge on any atom is -0.250 e. The molecule has 2 heteroatoms. The molecule has 0 radical (unpaired) electrons. The van der Waals surface area contributed by atoms with E-state index < -0.39 is 0 Å². The summed E-state index contributed by atoms with van der Waals surface area (Å²) in [5, 5.41) is 0. The summed E-state index contributed by atoms with van der Waals surface area (Å²) < 4.78 is 1.97. The molecular formula is C21H14N2. The van der Waals surface area contributed by atoms with Crippen molar-refractivity contribution in [3.05, 3.63) is 90.5 Å². The predicted octanol–water partition coefficient (Wildman–Crippen LogP) is 4.56. The molecule has 23 heavy (non-hydrogen) atoms. The standard InChI is InChI=1S/C21H14N2/c1-3-9-17(10-4-1)15-16-23-20-14-8-7-13-19(20)22-21(23)18-11-5-2-6-12-18/h1-14H. The summed E-state index contributed by atoms with van der Waals surface area (Å²) >= 11 is 0. The third-order valence-electron chi connectivity index (χ3n) is 3.68. The van der Waals surface area contributed by atoms with E-state index in [1.807, 2.05) is 71.3 Å². The lowest BCUT2D eigenvalue weighted by molar-refractivity contribution is 1.16. The molecule has 0 aliphatic carbocycles. The largest absolute Gasteiger partial charge is 0.250 e. The lowest BCUT2D eigenvalue weighted by Crippen LogP contribution is -1.93. The van der Waals surface area contributed by atoms with Gasteiger partial charge in [-0.1, -0.05) is 60.7 Å². The van der Waals surface area contributed by atoms with Crippen molar-refractivity contribution < 1.29 is 0 Å². The van der Waals surface area contributed by atoms with E-state index in [0.29, 0.717) is 0 Å². The van der Waals surface area contributed by atoms with E-state index in [1.54, 1.807) is 0 Å². The average Bonchev–Trinajstić information content (AvgIpc) is 3.00. The number of hydrogen-bond acceptors (Lipinski definition) is 1. The van der Waals surface area contributed by atoms with Crippen LogP contribution in [-0.4, -0.2) is 9.55 Å². The smallest absolute Gasteiger partial charge is 0.152 e. The number of benzene rings is 3. The Kier molecular flexibility index (Phi) is 3.38. The number of fused-ring (bicyclic) bond motifs is 1. The molecule has 0 amide bonds. The lowest BCUT2D eigenvalue weighted by atomic mass is 10.2. The highest BCUT2D eigenvalue weighted by atomic mass is 15.1. The van der Waals surface area contributed by atoms with Crippen LogP contribution < -0.4 is 0 Å². The Bertz CT molecular complexity index is 1000. The molecule has 0 N–H and O–H groups in total. The fourth-order valence-corrected chi connectivity index (χ4v) is 2.56. The van der Waals surface area contributed by atoms with Crippen molar-refractivity contribution in [2.45, 2.75) is 0 Å². The van der Waals surface area contributed by atoms with Gasteiger partial charge in [-0.3, -0.25) is 0 Å². The maximum absolute atomic E-state index is 4.76. The van der Waals surface area contributed by atoms with Crippen LogP contribution in [0.1, 0.15) is 5.56 Å². The van der Waals surface area contributed by atoms with Gasteiger partial charge in [0, 0.05) is 17.2 Å². The molecule has 0 bridgehead atoms. The highest BCUT2D eigenvalue weighted by molar-refractivity contribution is 5.82. The van der Waals surface area contributed by atoms with E-state index >= 15 is 0 Å². The normalized spacial score (nSPS) is 10.3. The molecule has 0 fully saturated rings. The van der Waals surface area contributed by atoms with Gasteiger partial charge in [-0.15, -0.1) is 0 Å². The minimum atomic E-state index is 0.871. The molecule has 0 unspecified atom stereocenters. The van der Waals surface area contributed by atoms with E-state index in [-0.39, 0.29) is 0 Å². The molecule has 2 nitrogen and oxygen atoms in total. The van der Waals surface area contributed by atoms with Crippen LogP contribution in [0.5, 0.6) is 0 Å². The Morgan fingerprint density at radius 3 is 2.13 bits per heavy atom. The van der Waals surface area contributed by atoms with Crippen molar-refractivity contribution in [3.63, 3.8) is 0 Å². The van der Waals surface area contributed by atoms with Gasteiger partial charge in [-0.25, -0.2) is 9.55 Å². The van der Waals surface area contributed by atoms with Gasteiger partial charge in [-0.05, 0) is 30.2 Å². The van der Waals surface area contributed by atoms with Crippen LogP contribution in [0.25, 0.3) is 22.4 Å². The molecule has 0 saturated heterocycles. The van der Waals surface area contributed by atoms with Crippen LogP contribution >= 0.6 is 0 Å². The molecule has 0 aliphatic heterocycles. The van der Waals surface area contributed by atoms with Gasteiger partial charge in [-0.2, -0.15) is 0 Å². The average molecular weight is 294 g/mol. The Morgan fingerprint density at radius 1 is 0.696 bits per heavy atom. The maximum atomic E-state index is 4.76. The topological polar surface area (TPSA) is 17.8 Å². The van der Waals surface area contributed by atoms with Crippen molar-refractivity contribution in [3.8, 4) is 23.4 Å². The molecule has 108 valence electrons. The molecule has 0 aliphatic rings. The lowest BCUT2D eigenvalue weighted by Gasteiger charge is -2.01. The number of para-hydroxylation sites is 2. The van der Waals surface area contributed by atoms with Crippen molar-refractivity contribution in [1.82, 2.24) is 9.55 Å². The molecule has 3 aromatic carbocycles. The summed E-state index contributed by atoms with van der Waals surface area (Å²) in [6, 6.07) is 31.5. The highest BCUT2D eigenvalue weighted by Crippen LogP contribution is 2.23. The monoisotopic (exact) mass is 294 g/mol. The second-order valence-corrected chi connectivity index (χ2v) is 5.23. The zero-order chi connectivity index (χ0) is 15.5. The van der Waals surface area contributed by atoms with E-state index in [2.05, 4.69) is 30.2 Å². The number of hydrogen-bond donors (Lipinski definition) is 0. The third kappa shape index (κ3) is 2.61.